The Morgan fingerprint density at radius 2 is 2.00 bits per heavy atom. The third-order valence-corrected chi connectivity index (χ3v) is 2.50. The Bertz CT molecular complexity index is 428. The van der Waals surface area contributed by atoms with Crippen LogP contribution in [0.4, 0.5) is 0 Å². The second-order valence-electron chi connectivity index (χ2n) is 3.90. The predicted octanol–water partition coefficient (Wildman–Crippen LogP) is 1.98. The van der Waals surface area contributed by atoms with Crippen molar-refractivity contribution in [2.24, 2.45) is 0 Å². The van der Waals surface area contributed by atoms with Crippen LogP contribution in [0.3, 0.4) is 0 Å². The smallest absolute Gasteiger partial charge is 0.133 e. The standard InChI is InChI=1S/C14H17NO3/c16-13(14-7-4-9-18-14)11-15-8-10-17-12-5-2-1-3-6-12/h1-7,9,13,15-16H,8,10-11H2. The number of aliphatic hydroxyl groups excluding tert-OH is 1. The van der Waals surface area contributed by atoms with E-state index in [1.807, 2.05) is 30.3 Å². The average molecular weight is 247 g/mol. The molecule has 0 spiro atoms. The molecular weight excluding hydrogens is 230 g/mol. The van der Waals surface area contributed by atoms with Gasteiger partial charge in [0, 0.05) is 13.1 Å². The number of aliphatic hydroxyl groups is 1. The largest absolute Gasteiger partial charge is 0.492 e. The summed E-state index contributed by atoms with van der Waals surface area (Å²) in [5, 5.41) is 12.8. The van der Waals surface area contributed by atoms with Gasteiger partial charge in [0.05, 0.1) is 6.26 Å². The fourth-order valence-electron chi connectivity index (χ4n) is 1.58. The highest BCUT2D eigenvalue weighted by Gasteiger charge is 2.08. The molecule has 0 radical (unpaired) electrons. The number of para-hydroxylation sites is 1. The zero-order valence-corrected chi connectivity index (χ0v) is 10.1. The van der Waals surface area contributed by atoms with E-state index in [4.69, 9.17) is 9.15 Å². The van der Waals surface area contributed by atoms with Crippen LogP contribution in [-0.2, 0) is 0 Å². The van der Waals surface area contributed by atoms with Crippen LogP contribution in [0, 0.1) is 0 Å². The van der Waals surface area contributed by atoms with Gasteiger partial charge in [0.2, 0.25) is 0 Å². The topological polar surface area (TPSA) is 54.6 Å². The third kappa shape index (κ3) is 3.91. The highest BCUT2D eigenvalue weighted by molar-refractivity contribution is 5.20. The lowest BCUT2D eigenvalue weighted by Crippen LogP contribution is -2.26. The van der Waals surface area contributed by atoms with E-state index < -0.39 is 6.10 Å². The van der Waals surface area contributed by atoms with Gasteiger partial charge in [0.25, 0.3) is 0 Å². The molecule has 1 atom stereocenters. The predicted molar refractivity (Wildman–Crippen MR) is 68.5 cm³/mol. The Morgan fingerprint density at radius 1 is 1.17 bits per heavy atom. The Kier molecular flexibility index (Phi) is 4.81. The Morgan fingerprint density at radius 3 is 2.72 bits per heavy atom. The summed E-state index contributed by atoms with van der Waals surface area (Å²) in [7, 11) is 0. The van der Waals surface area contributed by atoms with E-state index in [1.54, 1.807) is 18.4 Å². The van der Waals surface area contributed by atoms with Gasteiger partial charge in [-0.1, -0.05) is 18.2 Å². The van der Waals surface area contributed by atoms with Gasteiger partial charge in [-0.2, -0.15) is 0 Å². The van der Waals surface area contributed by atoms with E-state index in [0.29, 0.717) is 25.5 Å². The molecule has 18 heavy (non-hydrogen) atoms. The lowest BCUT2D eigenvalue weighted by molar-refractivity contribution is 0.145. The second-order valence-corrected chi connectivity index (χ2v) is 3.90. The SMILES string of the molecule is OC(CNCCOc1ccccc1)c1ccco1. The third-order valence-electron chi connectivity index (χ3n) is 2.50. The molecule has 4 nitrogen and oxygen atoms in total. The minimum Gasteiger partial charge on any atom is -0.492 e. The van der Waals surface area contributed by atoms with E-state index in [-0.39, 0.29) is 0 Å². The summed E-state index contributed by atoms with van der Waals surface area (Å²) in [5.41, 5.74) is 0. The lowest BCUT2D eigenvalue weighted by Gasteiger charge is -2.10. The molecule has 2 rings (SSSR count). The number of benzene rings is 1. The van der Waals surface area contributed by atoms with Crippen molar-refractivity contribution in [2.45, 2.75) is 6.10 Å². The number of nitrogens with one attached hydrogen (secondary N) is 1. The first-order valence-electron chi connectivity index (χ1n) is 5.96. The summed E-state index contributed by atoms with van der Waals surface area (Å²) in [5.74, 6) is 1.43. The Balaban J connectivity index is 1.59. The van der Waals surface area contributed by atoms with Crippen LogP contribution >= 0.6 is 0 Å². The van der Waals surface area contributed by atoms with Crippen LogP contribution in [0.15, 0.2) is 53.1 Å². The summed E-state index contributed by atoms with van der Waals surface area (Å²) in [6.45, 7) is 1.69. The number of rotatable bonds is 7. The van der Waals surface area contributed by atoms with Crippen molar-refractivity contribution in [3.63, 3.8) is 0 Å². The van der Waals surface area contributed by atoms with Crippen molar-refractivity contribution >= 4 is 0 Å². The van der Waals surface area contributed by atoms with Gasteiger partial charge >= 0.3 is 0 Å². The summed E-state index contributed by atoms with van der Waals surface area (Å²) in [6.07, 6.45) is 0.939. The molecule has 0 aliphatic rings. The van der Waals surface area contributed by atoms with Crippen LogP contribution < -0.4 is 10.1 Å². The fraction of sp³-hybridized carbons (Fsp3) is 0.286. The van der Waals surface area contributed by atoms with Crippen molar-refractivity contribution in [3.05, 3.63) is 54.5 Å². The van der Waals surface area contributed by atoms with Crippen LogP contribution in [0.5, 0.6) is 5.75 Å². The average Bonchev–Trinajstić information content (AvgIpc) is 2.93. The fourth-order valence-corrected chi connectivity index (χ4v) is 1.58. The first-order chi connectivity index (χ1) is 8.86. The van der Waals surface area contributed by atoms with Crippen molar-refractivity contribution in [1.29, 1.82) is 0 Å². The molecule has 1 heterocycles. The molecule has 1 unspecified atom stereocenters. The van der Waals surface area contributed by atoms with Gasteiger partial charge in [-0.25, -0.2) is 0 Å². The molecule has 0 amide bonds. The molecule has 0 aliphatic carbocycles. The molecule has 2 N–H and O–H groups in total. The van der Waals surface area contributed by atoms with Gasteiger partial charge in [-0.3, -0.25) is 0 Å². The first kappa shape index (κ1) is 12.7. The van der Waals surface area contributed by atoms with E-state index in [0.717, 1.165) is 5.75 Å². The van der Waals surface area contributed by atoms with Gasteiger partial charge in [-0.15, -0.1) is 0 Å². The van der Waals surface area contributed by atoms with E-state index in [9.17, 15) is 5.11 Å². The van der Waals surface area contributed by atoms with E-state index >= 15 is 0 Å². The summed E-state index contributed by atoms with van der Waals surface area (Å²) >= 11 is 0. The molecule has 0 saturated carbocycles. The molecule has 2 aromatic rings. The van der Waals surface area contributed by atoms with Crippen LogP contribution in [0.2, 0.25) is 0 Å². The molecule has 0 saturated heterocycles. The molecule has 4 heteroatoms. The van der Waals surface area contributed by atoms with E-state index in [1.165, 1.54) is 0 Å². The van der Waals surface area contributed by atoms with E-state index in [2.05, 4.69) is 5.32 Å². The zero-order valence-electron chi connectivity index (χ0n) is 10.1. The maximum absolute atomic E-state index is 9.73. The van der Waals surface area contributed by atoms with Gasteiger partial charge in [-0.05, 0) is 24.3 Å². The number of hydrogen-bond acceptors (Lipinski definition) is 4. The molecule has 96 valence electrons. The normalized spacial score (nSPS) is 12.3. The molecule has 0 aliphatic heterocycles. The van der Waals surface area contributed by atoms with Crippen molar-refractivity contribution in [2.75, 3.05) is 19.7 Å². The zero-order chi connectivity index (χ0) is 12.6. The maximum atomic E-state index is 9.73. The number of hydrogen-bond donors (Lipinski definition) is 2. The van der Waals surface area contributed by atoms with Crippen molar-refractivity contribution in [3.8, 4) is 5.75 Å². The molecule has 1 aromatic carbocycles. The highest BCUT2D eigenvalue weighted by atomic mass is 16.5. The summed E-state index contributed by atoms with van der Waals surface area (Å²) in [4.78, 5) is 0. The minimum atomic E-state index is -0.614. The maximum Gasteiger partial charge on any atom is 0.133 e. The number of ether oxygens (including phenoxy) is 1. The summed E-state index contributed by atoms with van der Waals surface area (Å²) in [6, 6.07) is 13.2. The second kappa shape index (κ2) is 6.83. The molecule has 0 fully saturated rings. The lowest BCUT2D eigenvalue weighted by atomic mass is 10.3. The van der Waals surface area contributed by atoms with Gasteiger partial charge < -0.3 is 19.6 Å². The van der Waals surface area contributed by atoms with Crippen LogP contribution in [-0.4, -0.2) is 24.8 Å². The van der Waals surface area contributed by atoms with Crippen molar-refractivity contribution < 1.29 is 14.3 Å². The molecule has 1 aromatic heterocycles. The van der Waals surface area contributed by atoms with Gasteiger partial charge in [0.15, 0.2) is 0 Å². The Labute approximate surface area is 106 Å². The highest BCUT2D eigenvalue weighted by Crippen LogP contribution is 2.11. The van der Waals surface area contributed by atoms with Crippen LogP contribution in [0.25, 0.3) is 0 Å². The quantitative estimate of drug-likeness (QED) is 0.735. The molecule has 0 bridgehead atoms. The van der Waals surface area contributed by atoms with Crippen molar-refractivity contribution in [1.82, 2.24) is 5.32 Å². The minimum absolute atomic E-state index is 0.450. The van der Waals surface area contributed by atoms with Crippen LogP contribution in [0.1, 0.15) is 11.9 Å². The summed E-state index contributed by atoms with van der Waals surface area (Å²) < 4.78 is 10.6. The monoisotopic (exact) mass is 247 g/mol. The molecular formula is C14H17NO3. The first-order valence-corrected chi connectivity index (χ1v) is 5.96. The Hall–Kier alpha value is -1.78. The number of furan rings is 1. The van der Waals surface area contributed by atoms with Gasteiger partial charge in [0.1, 0.15) is 24.2 Å².